The van der Waals surface area contributed by atoms with Gasteiger partial charge in [-0.25, -0.2) is 0 Å². The Kier molecular flexibility index (Phi) is 3.44. The predicted molar refractivity (Wildman–Crippen MR) is 60.3 cm³/mol. The van der Waals surface area contributed by atoms with E-state index in [1.807, 2.05) is 12.1 Å². The first-order valence-electron chi connectivity index (χ1n) is 5.19. The van der Waals surface area contributed by atoms with Gasteiger partial charge in [0.15, 0.2) is 0 Å². The Morgan fingerprint density at radius 1 is 1.00 bits per heavy atom. The smallest absolute Gasteiger partial charge is 0.0545 e. The summed E-state index contributed by atoms with van der Waals surface area (Å²) in [4.78, 5) is 2.40. The number of nitrogens with zero attached hydrogens (tertiary/aromatic N) is 1. The highest BCUT2D eigenvalue weighted by Crippen LogP contribution is 2.16. The molecule has 1 saturated heterocycles. The molecule has 0 aliphatic carbocycles. The molecule has 1 aliphatic heterocycles. The number of benzene rings is 1. The minimum Gasteiger partial charge on any atom is -0.294 e. The van der Waals surface area contributed by atoms with Gasteiger partial charge in [0.1, 0.15) is 0 Å². The summed E-state index contributed by atoms with van der Waals surface area (Å²) in [5, 5.41) is 0.806. The van der Waals surface area contributed by atoms with Crippen molar-refractivity contribution in [2.24, 2.45) is 0 Å². The second-order valence-electron chi connectivity index (χ2n) is 3.78. The van der Waals surface area contributed by atoms with Crippen molar-refractivity contribution in [1.29, 1.82) is 0 Å². The average molecular weight is 209 g/mol. The van der Waals surface area contributed by atoms with E-state index in [4.69, 9.17) is 11.6 Å². The minimum atomic E-state index is 0.806. The molecule has 2 heteroatoms. The number of rotatable bonds is 2. The summed E-state index contributed by atoms with van der Waals surface area (Å²) in [5.74, 6) is 0. The Morgan fingerprint density at radius 2 is 1.64 bits per heavy atom. The third kappa shape index (κ3) is 2.73. The number of halogens is 1. The van der Waals surface area contributed by atoms with Crippen molar-refractivity contribution in [3.63, 3.8) is 0 Å². The molecule has 0 aromatic heterocycles. The molecular formula is C12H15ClN. The van der Waals surface area contributed by atoms with Crippen molar-refractivity contribution in [2.75, 3.05) is 13.1 Å². The summed E-state index contributed by atoms with van der Waals surface area (Å²) in [6.07, 6.45) is 4.03. The molecular weight excluding hydrogens is 194 g/mol. The summed E-state index contributed by atoms with van der Waals surface area (Å²) in [5.41, 5.74) is 1.25. The van der Waals surface area contributed by atoms with E-state index in [2.05, 4.69) is 23.6 Å². The molecule has 14 heavy (non-hydrogen) atoms. The zero-order valence-corrected chi connectivity index (χ0v) is 9.00. The van der Waals surface area contributed by atoms with Crippen LogP contribution in [0.3, 0.4) is 0 Å². The van der Waals surface area contributed by atoms with Crippen LogP contribution in [0.1, 0.15) is 24.8 Å². The van der Waals surface area contributed by atoms with Crippen LogP contribution in [0.2, 0.25) is 5.02 Å². The predicted octanol–water partition coefficient (Wildman–Crippen LogP) is 3.34. The van der Waals surface area contributed by atoms with Crippen molar-refractivity contribution in [3.05, 3.63) is 41.4 Å². The van der Waals surface area contributed by atoms with Gasteiger partial charge in [-0.05, 0) is 43.6 Å². The summed E-state index contributed by atoms with van der Waals surface area (Å²) in [7, 11) is 0. The van der Waals surface area contributed by atoms with Crippen molar-refractivity contribution in [3.8, 4) is 0 Å². The van der Waals surface area contributed by atoms with Crippen LogP contribution in [0.5, 0.6) is 0 Å². The van der Waals surface area contributed by atoms with Crippen LogP contribution in [0.15, 0.2) is 24.3 Å². The van der Waals surface area contributed by atoms with E-state index in [1.165, 1.54) is 37.9 Å². The zero-order valence-electron chi connectivity index (χ0n) is 8.25. The van der Waals surface area contributed by atoms with Gasteiger partial charge in [0.05, 0.1) is 6.54 Å². The van der Waals surface area contributed by atoms with Crippen LogP contribution in [0.25, 0.3) is 0 Å². The molecule has 1 aromatic rings. The largest absolute Gasteiger partial charge is 0.294 e. The Labute approximate surface area is 90.7 Å². The van der Waals surface area contributed by atoms with Crippen molar-refractivity contribution in [1.82, 2.24) is 4.90 Å². The van der Waals surface area contributed by atoms with Gasteiger partial charge in [0, 0.05) is 5.02 Å². The van der Waals surface area contributed by atoms with Crippen LogP contribution in [0.4, 0.5) is 0 Å². The molecule has 0 N–H and O–H groups in total. The van der Waals surface area contributed by atoms with E-state index in [1.54, 1.807) is 0 Å². The standard InChI is InChI=1S/C12H15ClN/c13-12-6-4-11(5-7-12)10-14-8-2-1-3-9-14/h4-7,10H,1-3,8-9H2. The Hall–Kier alpha value is -0.530. The third-order valence-corrected chi connectivity index (χ3v) is 2.84. The minimum absolute atomic E-state index is 0.806. The third-order valence-electron chi connectivity index (χ3n) is 2.59. The van der Waals surface area contributed by atoms with Crippen LogP contribution in [-0.2, 0) is 0 Å². The second kappa shape index (κ2) is 4.81. The van der Waals surface area contributed by atoms with Gasteiger partial charge in [-0.2, -0.15) is 0 Å². The summed E-state index contributed by atoms with van der Waals surface area (Å²) in [6, 6.07) is 8.02. The number of hydrogen-bond acceptors (Lipinski definition) is 1. The van der Waals surface area contributed by atoms with Crippen LogP contribution in [-0.4, -0.2) is 18.0 Å². The normalized spacial score (nSPS) is 18.4. The molecule has 0 unspecified atom stereocenters. The van der Waals surface area contributed by atoms with Crippen molar-refractivity contribution >= 4 is 11.6 Å². The summed E-state index contributed by atoms with van der Waals surface area (Å²) in [6.45, 7) is 4.63. The average Bonchev–Trinajstić information content (AvgIpc) is 2.23. The molecule has 0 saturated carbocycles. The first-order chi connectivity index (χ1) is 6.84. The first kappa shape index (κ1) is 10.0. The van der Waals surface area contributed by atoms with Gasteiger partial charge in [-0.15, -0.1) is 0 Å². The number of hydrogen-bond donors (Lipinski definition) is 0. The fourth-order valence-electron chi connectivity index (χ4n) is 1.81. The van der Waals surface area contributed by atoms with Gasteiger partial charge >= 0.3 is 0 Å². The van der Waals surface area contributed by atoms with Crippen LogP contribution in [0, 0.1) is 6.54 Å². The van der Waals surface area contributed by atoms with Gasteiger partial charge < -0.3 is 0 Å². The fourth-order valence-corrected chi connectivity index (χ4v) is 1.93. The van der Waals surface area contributed by atoms with Crippen LogP contribution >= 0.6 is 11.6 Å². The van der Waals surface area contributed by atoms with Gasteiger partial charge in [0.2, 0.25) is 0 Å². The molecule has 1 nitrogen and oxygen atoms in total. The lowest BCUT2D eigenvalue weighted by molar-refractivity contribution is 0.285. The molecule has 2 rings (SSSR count). The highest BCUT2D eigenvalue weighted by atomic mass is 35.5. The maximum Gasteiger partial charge on any atom is 0.0545 e. The molecule has 0 atom stereocenters. The molecule has 1 aliphatic rings. The quantitative estimate of drug-likeness (QED) is 0.721. The first-order valence-corrected chi connectivity index (χ1v) is 5.57. The van der Waals surface area contributed by atoms with Crippen molar-refractivity contribution < 1.29 is 0 Å². The lowest BCUT2D eigenvalue weighted by Crippen LogP contribution is -2.27. The van der Waals surface area contributed by atoms with E-state index in [0.29, 0.717) is 0 Å². The molecule has 1 heterocycles. The SMILES string of the molecule is Clc1ccc([CH]N2CCCCC2)cc1. The van der Waals surface area contributed by atoms with Crippen LogP contribution < -0.4 is 0 Å². The topological polar surface area (TPSA) is 3.24 Å². The molecule has 1 radical (unpaired) electrons. The zero-order chi connectivity index (χ0) is 9.80. The fraction of sp³-hybridized carbons (Fsp3) is 0.417. The Morgan fingerprint density at radius 3 is 2.29 bits per heavy atom. The Balaban J connectivity index is 1.92. The second-order valence-corrected chi connectivity index (χ2v) is 4.21. The highest BCUT2D eigenvalue weighted by Gasteiger charge is 2.10. The Bertz CT molecular complexity index is 275. The number of likely N-dealkylation sites (tertiary alicyclic amines) is 1. The van der Waals surface area contributed by atoms with E-state index >= 15 is 0 Å². The molecule has 0 amide bonds. The van der Waals surface area contributed by atoms with Crippen molar-refractivity contribution in [2.45, 2.75) is 19.3 Å². The van der Waals surface area contributed by atoms with Gasteiger partial charge in [-0.1, -0.05) is 30.2 Å². The monoisotopic (exact) mass is 208 g/mol. The van der Waals surface area contributed by atoms with E-state index in [0.717, 1.165) is 5.02 Å². The summed E-state index contributed by atoms with van der Waals surface area (Å²) >= 11 is 5.83. The molecule has 0 spiro atoms. The molecule has 0 bridgehead atoms. The molecule has 1 aromatic carbocycles. The maximum atomic E-state index is 5.83. The summed E-state index contributed by atoms with van der Waals surface area (Å²) < 4.78 is 0. The van der Waals surface area contributed by atoms with E-state index in [-0.39, 0.29) is 0 Å². The number of piperidine rings is 1. The maximum absolute atomic E-state index is 5.83. The highest BCUT2D eigenvalue weighted by molar-refractivity contribution is 6.30. The van der Waals surface area contributed by atoms with E-state index in [9.17, 15) is 0 Å². The van der Waals surface area contributed by atoms with Gasteiger partial charge in [-0.3, -0.25) is 4.90 Å². The molecule has 75 valence electrons. The van der Waals surface area contributed by atoms with E-state index < -0.39 is 0 Å². The van der Waals surface area contributed by atoms with Gasteiger partial charge in [0.25, 0.3) is 0 Å². The lowest BCUT2D eigenvalue weighted by atomic mass is 10.1. The molecule has 1 fully saturated rings. The lowest BCUT2D eigenvalue weighted by Gasteiger charge is -2.25.